The quantitative estimate of drug-likeness (QED) is 0.128. The smallest absolute Gasteiger partial charge is 0.260 e. The molecule has 0 amide bonds. The summed E-state index contributed by atoms with van der Waals surface area (Å²) in [6.45, 7) is 6.18. The molecule has 0 N–H and O–H groups in total. The molecule has 2 aromatic heterocycles. The fraction of sp³-hybridized carbons (Fsp3) is 0.0390. The van der Waals surface area contributed by atoms with Gasteiger partial charge in [-0.2, -0.15) is 0 Å². The highest BCUT2D eigenvalue weighted by atomic mass is 16.5. The van der Waals surface area contributed by atoms with Gasteiger partial charge < -0.3 is 28.4 Å². The van der Waals surface area contributed by atoms with E-state index in [2.05, 4.69) is 319 Å². The third kappa shape index (κ3) is 8.11. The van der Waals surface area contributed by atoms with E-state index in [1.165, 1.54) is 43.8 Å². The third-order valence-electron chi connectivity index (χ3n) is 17.0. The Morgan fingerprint density at radius 1 is 0.345 bits per heavy atom. The van der Waals surface area contributed by atoms with Crippen molar-refractivity contribution in [1.82, 2.24) is 9.13 Å². The molecule has 0 aliphatic carbocycles. The number of nitrogens with zero attached hydrogens (tertiary/aromatic N) is 4. The Balaban J connectivity index is 0.853. The maximum atomic E-state index is 7.25. The monoisotopic (exact) mass is 1080 g/mol. The number of aryl methyl sites for hydroxylation is 2. The molecule has 0 fully saturated rings. The minimum atomic E-state index is -0.176. The molecule has 0 unspecified atom stereocenters. The van der Waals surface area contributed by atoms with Crippen molar-refractivity contribution in [3.8, 4) is 45.5 Å². The Kier molecular flexibility index (Phi) is 11.5. The lowest BCUT2D eigenvalue weighted by molar-refractivity contribution is 0.465. The summed E-state index contributed by atoms with van der Waals surface area (Å²) >= 11 is 0. The molecule has 0 radical (unpaired) electrons. The lowest BCUT2D eigenvalue weighted by Crippen LogP contribution is -2.57. The maximum Gasteiger partial charge on any atom is 0.260 e. The molecule has 398 valence electrons. The first kappa shape index (κ1) is 49.1. The Bertz CT molecular complexity index is 4930. The number of ether oxygens (including phenoxy) is 2. The van der Waals surface area contributed by atoms with Gasteiger partial charge in [0.1, 0.15) is 23.0 Å². The topological polar surface area (TPSA) is 34.8 Å². The van der Waals surface area contributed by atoms with E-state index in [0.717, 1.165) is 113 Å². The van der Waals surface area contributed by atoms with Crippen LogP contribution >= 0.6 is 0 Å². The second kappa shape index (κ2) is 19.8. The number of anilines is 6. The van der Waals surface area contributed by atoms with Gasteiger partial charge in [-0.15, -0.1) is 0 Å². The van der Waals surface area contributed by atoms with Crippen LogP contribution < -0.4 is 35.7 Å². The highest BCUT2D eigenvalue weighted by Gasteiger charge is 2.41. The molecule has 0 bridgehead atoms. The predicted octanol–water partition coefficient (Wildman–Crippen LogP) is 18.9. The Hall–Kier alpha value is -10.8. The number of allylic oxidation sites excluding steroid dienone is 1. The fourth-order valence-electron chi connectivity index (χ4n) is 13.1. The van der Waals surface area contributed by atoms with Crippen molar-refractivity contribution < 1.29 is 9.47 Å². The fourth-order valence-corrected chi connectivity index (χ4v) is 13.1. The molecule has 7 heteroatoms. The Labute approximate surface area is 488 Å². The van der Waals surface area contributed by atoms with Gasteiger partial charge in [0.25, 0.3) is 6.71 Å². The van der Waals surface area contributed by atoms with Gasteiger partial charge in [0.2, 0.25) is 0 Å². The molecule has 0 saturated heterocycles. The average molecular weight is 1080 g/mol. The summed E-state index contributed by atoms with van der Waals surface area (Å²) in [4.78, 5) is 4.73. The zero-order valence-corrected chi connectivity index (χ0v) is 46.7. The van der Waals surface area contributed by atoms with Crippen LogP contribution in [-0.4, -0.2) is 15.8 Å². The summed E-state index contributed by atoms with van der Waals surface area (Å²) in [5.41, 5.74) is 21.9. The third-order valence-corrected chi connectivity index (χ3v) is 17.0. The van der Waals surface area contributed by atoms with Gasteiger partial charge in [-0.25, -0.2) is 0 Å². The average Bonchev–Trinajstić information content (AvgIpc) is 1.55. The first-order valence-electron chi connectivity index (χ1n) is 28.9. The number of rotatable bonds is 10. The highest BCUT2D eigenvalue weighted by molar-refractivity contribution is 6.98. The molecule has 12 aromatic carbocycles. The van der Waals surface area contributed by atoms with E-state index in [0.29, 0.717) is 0 Å². The molecular weight excluding hydrogens is 1020 g/mol. The molecule has 2 aliphatic heterocycles. The molecule has 0 atom stereocenters. The van der Waals surface area contributed by atoms with Crippen LogP contribution in [0.25, 0.3) is 72.2 Å². The van der Waals surface area contributed by atoms with Gasteiger partial charge in [0.15, 0.2) is 0 Å². The SMILES string of the molecule is C/C=C\c1ccc2c3cc(N(c4ccc(C)cc4)c4ccc5c(c4)Oc4cc(-c6ccccc6)cc6c4B5c4ccc(N(c5ccc(C)cc5)c5ccc7c(c5)c5ccccc5n7-c5ccccc5)cc4O6)ccc3n(-c3ccccc3)c2c1. The van der Waals surface area contributed by atoms with E-state index in [-0.39, 0.29) is 6.71 Å². The van der Waals surface area contributed by atoms with Crippen LogP contribution in [0.5, 0.6) is 23.0 Å². The highest BCUT2D eigenvalue weighted by Crippen LogP contribution is 2.46. The van der Waals surface area contributed by atoms with Crippen LogP contribution in [-0.2, 0) is 0 Å². The maximum absolute atomic E-state index is 7.25. The van der Waals surface area contributed by atoms with Crippen LogP contribution in [0.3, 0.4) is 0 Å². The normalized spacial score (nSPS) is 12.3. The largest absolute Gasteiger partial charge is 0.458 e. The Morgan fingerprint density at radius 2 is 0.786 bits per heavy atom. The standard InChI is InChI=1S/C77H55BN4O2/c1-4-16-52-29-38-64-66-47-60(37-42-71(66)82(72(64)43-52)56-21-12-7-13-22-56)80(58-32-27-51(3)28-33-58)62-35-40-68-74(49-62)84-76-45-54(53-17-8-5-9-18-53)44-75-77(76)78(68)67-39-34-61(48-73(67)83-75)79(57-30-25-50(2)26-31-57)59-36-41-70-65(46-59)63-23-14-15-24-69(63)81(70)55-19-10-6-11-20-55/h4-49H,1-3H3/b16-4-. The van der Waals surface area contributed by atoms with Crippen molar-refractivity contribution in [3.63, 3.8) is 0 Å². The van der Waals surface area contributed by atoms with Gasteiger partial charge in [-0.05, 0) is 170 Å². The first-order chi connectivity index (χ1) is 41.4. The zero-order valence-electron chi connectivity index (χ0n) is 46.7. The van der Waals surface area contributed by atoms with Gasteiger partial charge >= 0.3 is 0 Å². The number of hydrogen-bond acceptors (Lipinski definition) is 4. The molecular formula is C77H55BN4O2. The van der Waals surface area contributed by atoms with Crippen molar-refractivity contribution in [3.05, 3.63) is 290 Å². The van der Waals surface area contributed by atoms with E-state index in [1.807, 2.05) is 0 Å². The minimum Gasteiger partial charge on any atom is -0.458 e. The van der Waals surface area contributed by atoms with Gasteiger partial charge in [-0.3, -0.25) is 0 Å². The number of benzene rings is 12. The number of para-hydroxylation sites is 3. The summed E-state index contributed by atoms with van der Waals surface area (Å²) in [6, 6.07) is 96.7. The number of fused-ring (bicyclic) bond motifs is 10. The molecule has 14 aromatic rings. The lowest BCUT2D eigenvalue weighted by Gasteiger charge is -2.35. The van der Waals surface area contributed by atoms with Gasteiger partial charge in [-0.1, -0.05) is 157 Å². The van der Waals surface area contributed by atoms with Crippen LogP contribution in [0.4, 0.5) is 34.1 Å². The van der Waals surface area contributed by atoms with Crippen LogP contribution in [0.15, 0.2) is 273 Å². The van der Waals surface area contributed by atoms with E-state index in [1.54, 1.807) is 0 Å². The van der Waals surface area contributed by atoms with Gasteiger partial charge in [0, 0.05) is 84.6 Å². The van der Waals surface area contributed by atoms with Crippen molar-refractivity contribution in [2.24, 2.45) is 0 Å². The number of aromatic nitrogens is 2. The zero-order chi connectivity index (χ0) is 56.0. The van der Waals surface area contributed by atoms with Crippen molar-refractivity contribution in [2.45, 2.75) is 20.8 Å². The van der Waals surface area contributed by atoms with Crippen LogP contribution in [0, 0.1) is 13.8 Å². The molecule has 6 nitrogen and oxygen atoms in total. The molecule has 16 rings (SSSR count). The minimum absolute atomic E-state index is 0.176. The molecule has 2 aliphatic rings. The number of hydrogen-bond donors (Lipinski definition) is 0. The van der Waals surface area contributed by atoms with Crippen LogP contribution in [0.2, 0.25) is 0 Å². The first-order valence-corrected chi connectivity index (χ1v) is 28.9. The summed E-state index contributed by atoms with van der Waals surface area (Å²) < 4.78 is 19.3. The van der Waals surface area contributed by atoms with Gasteiger partial charge in [0.05, 0.1) is 22.1 Å². The second-order valence-electron chi connectivity index (χ2n) is 22.2. The lowest BCUT2D eigenvalue weighted by atomic mass is 9.35. The summed E-state index contributed by atoms with van der Waals surface area (Å²) in [5.74, 6) is 3.18. The molecule has 0 saturated carbocycles. The summed E-state index contributed by atoms with van der Waals surface area (Å²) in [6.07, 6.45) is 4.27. The molecule has 0 spiro atoms. The summed E-state index contributed by atoms with van der Waals surface area (Å²) in [5, 5.41) is 4.75. The van der Waals surface area contributed by atoms with Crippen LogP contribution in [0.1, 0.15) is 23.6 Å². The van der Waals surface area contributed by atoms with E-state index < -0.39 is 0 Å². The van der Waals surface area contributed by atoms with E-state index in [9.17, 15) is 0 Å². The molecule has 84 heavy (non-hydrogen) atoms. The predicted molar refractivity (Wildman–Crippen MR) is 352 cm³/mol. The van der Waals surface area contributed by atoms with Crippen molar-refractivity contribution in [1.29, 1.82) is 0 Å². The van der Waals surface area contributed by atoms with E-state index >= 15 is 0 Å². The van der Waals surface area contributed by atoms with E-state index in [4.69, 9.17) is 9.47 Å². The van der Waals surface area contributed by atoms with Crippen molar-refractivity contribution >= 4 is 107 Å². The van der Waals surface area contributed by atoms with Crippen molar-refractivity contribution in [2.75, 3.05) is 9.80 Å². The second-order valence-corrected chi connectivity index (χ2v) is 22.2. The molecule has 4 heterocycles. The Morgan fingerprint density at radius 3 is 1.32 bits per heavy atom. The summed E-state index contributed by atoms with van der Waals surface area (Å²) in [7, 11) is 0.